The average Bonchev–Trinajstić information content (AvgIpc) is 2.83. The largest absolute Gasteiger partial charge is 0.487 e. The molecule has 0 radical (unpaired) electrons. The van der Waals surface area contributed by atoms with E-state index in [2.05, 4.69) is 6.92 Å². The first-order valence-electron chi connectivity index (χ1n) is 7.35. The van der Waals surface area contributed by atoms with Crippen LogP contribution in [0.5, 0.6) is 5.75 Å². The van der Waals surface area contributed by atoms with E-state index in [4.69, 9.17) is 9.47 Å². The number of benzene rings is 1. The monoisotopic (exact) mass is 292 g/mol. The van der Waals surface area contributed by atoms with Gasteiger partial charge in [0.05, 0.1) is 18.1 Å². The maximum Gasteiger partial charge on any atom is 0.293 e. The van der Waals surface area contributed by atoms with Crippen LogP contribution in [0.25, 0.3) is 0 Å². The molecule has 1 fully saturated rings. The molecule has 2 aliphatic heterocycles. The van der Waals surface area contributed by atoms with Crippen molar-refractivity contribution in [1.29, 1.82) is 0 Å². The molecular formula is C15H20N2O4. The number of nitrogens with zero attached hydrogens (tertiary/aromatic N) is 2. The van der Waals surface area contributed by atoms with Crippen LogP contribution < -0.4 is 9.64 Å². The first-order valence-corrected chi connectivity index (χ1v) is 7.35. The van der Waals surface area contributed by atoms with Gasteiger partial charge in [-0.2, -0.15) is 0 Å². The Kier molecular flexibility index (Phi) is 3.49. The molecule has 0 spiro atoms. The number of morpholine rings is 1. The van der Waals surface area contributed by atoms with Crippen LogP contribution in [0.2, 0.25) is 0 Å². The van der Waals surface area contributed by atoms with Crippen LogP contribution in [0, 0.1) is 10.1 Å². The Labute approximate surface area is 123 Å². The van der Waals surface area contributed by atoms with Gasteiger partial charge in [0.15, 0.2) is 0 Å². The fourth-order valence-corrected chi connectivity index (χ4v) is 2.94. The number of fused-ring (bicyclic) bond motifs is 1. The Morgan fingerprint density at radius 3 is 2.71 bits per heavy atom. The van der Waals surface area contributed by atoms with Crippen molar-refractivity contribution in [2.24, 2.45) is 0 Å². The number of nitro benzene ring substituents is 1. The molecule has 0 bridgehead atoms. The van der Waals surface area contributed by atoms with Crippen LogP contribution in [-0.4, -0.2) is 36.8 Å². The van der Waals surface area contributed by atoms with E-state index in [1.54, 1.807) is 6.07 Å². The summed E-state index contributed by atoms with van der Waals surface area (Å²) in [6, 6.07) is 3.51. The van der Waals surface area contributed by atoms with Gasteiger partial charge >= 0.3 is 0 Å². The van der Waals surface area contributed by atoms with Gasteiger partial charge in [-0.15, -0.1) is 0 Å². The molecule has 3 rings (SSSR count). The van der Waals surface area contributed by atoms with Crippen LogP contribution in [0.4, 0.5) is 11.4 Å². The summed E-state index contributed by atoms with van der Waals surface area (Å²) in [5.74, 6) is 0.784. The van der Waals surface area contributed by atoms with Gasteiger partial charge in [0.1, 0.15) is 17.0 Å². The Hall–Kier alpha value is -1.82. The van der Waals surface area contributed by atoms with Crippen molar-refractivity contribution < 1.29 is 14.4 Å². The molecule has 0 aliphatic carbocycles. The number of hydrogen-bond donors (Lipinski definition) is 0. The van der Waals surface area contributed by atoms with E-state index in [0.29, 0.717) is 32.0 Å². The van der Waals surface area contributed by atoms with Crippen LogP contribution in [0.3, 0.4) is 0 Å². The van der Waals surface area contributed by atoms with Crippen molar-refractivity contribution in [3.63, 3.8) is 0 Å². The van der Waals surface area contributed by atoms with E-state index in [0.717, 1.165) is 24.2 Å². The van der Waals surface area contributed by atoms with E-state index in [1.165, 1.54) is 0 Å². The minimum Gasteiger partial charge on any atom is -0.487 e. The summed E-state index contributed by atoms with van der Waals surface area (Å²) < 4.78 is 11.4. The summed E-state index contributed by atoms with van der Waals surface area (Å²) >= 11 is 0. The van der Waals surface area contributed by atoms with Crippen LogP contribution >= 0.6 is 0 Å². The minimum absolute atomic E-state index is 0.166. The van der Waals surface area contributed by atoms with Crippen molar-refractivity contribution in [3.8, 4) is 5.75 Å². The molecule has 1 atom stereocenters. The van der Waals surface area contributed by atoms with Gasteiger partial charge in [0.25, 0.3) is 5.69 Å². The van der Waals surface area contributed by atoms with Gasteiger partial charge in [-0.25, -0.2) is 0 Å². The summed E-state index contributed by atoms with van der Waals surface area (Å²) in [7, 11) is 0. The molecule has 0 amide bonds. The lowest BCUT2D eigenvalue weighted by Gasteiger charge is -2.28. The number of hydrogen-bond acceptors (Lipinski definition) is 5. The van der Waals surface area contributed by atoms with Crippen LogP contribution in [0.15, 0.2) is 12.1 Å². The zero-order chi connectivity index (χ0) is 15.0. The highest BCUT2D eigenvalue weighted by atomic mass is 16.6. The second-order valence-electron chi connectivity index (χ2n) is 5.89. The van der Waals surface area contributed by atoms with Gasteiger partial charge in [0.2, 0.25) is 0 Å². The summed E-state index contributed by atoms with van der Waals surface area (Å²) in [5, 5.41) is 11.4. The fourth-order valence-electron chi connectivity index (χ4n) is 2.94. The number of rotatable bonds is 3. The van der Waals surface area contributed by atoms with E-state index >= 15 is 0 Å². The molecule has 2 heterocycles. The van der Waals surface area contributed by atoms with Crippen molar-refractivity contribution in [3.05, 3.63) is 27.8 Å². The van der Waals surface area contributed by atoms with Crippen molar-refractivity contribution in [2.75, 3.05) is 31.2 Å². The van der Waals surface area contributed by atoms with Gasteiger partial charge < -0.3 is 14.4 Å². The normalized spacial score (nSPS) is 24.6. The van der Waals surface area contributed by atoms with Crippen molar-refractivity contribution >= 4 is 11.4 Å². The Morgan fingerprint density at radius 1 is 1.38 bits per heavy atom. The topological polar surface area (TPSA) is 64.8 Å². The van der Waals surface area contributed by atoms with E-state index in [9.17, 15) is 10.1 Å². The standard InChI is InChI=1S/C15H20N2O4/c1-3-15(2)10-11-8-13(17(18)19)12(9-14(11)21-15)16-4-6-20-7-5-16/h8-9H,3-7,10H2,1-2H3. The van der Waals surface area contributed by atoms with Gasteiger partial charge in [-0.1, -0.05) is 6.92 Å². The molecule has 1 unspecified atom stereocenters. The zero-order valence-corrected chi connectivity index (χ0v) is 12.4. The highest BCUT2D eigenvalue weighted by Crippen LogP contribution is 2.43. The van der Waals surface area contributed by atoms with Crippen molar-refractivity contribution in [2.45, 2.75) is 32.3 Å². The van der Waals surface area contributed by atoms with E-state index in [-0.39, 0.29) is 16.2 Å². The maximum atomic E-state index is 11.4. The lowest BCUT2D eigenvalue weighted by Crippen LogP contribution is -2.36. The summed E-state index contributed by atoms with van der Waals surface area (Å²) in [6.45, 7) is 6.66. The third-order valence-electron chi connectivity index (χ3n) is 4.37. The lowest BCUT2D eigenvalue weighted by molar-refractivity contribution is -0.384. The first kappa shape index (κ1) is 14.1. The van der Waals surface area contributed by atoms with Crippen LogP contribution in [-0.2, 0) is 11.2 Å². The molecule has 0 N–H and O–H groups in total. The summed E-state index contributed by atoms with van der Waals surface area (Å²) in [6.07, 6.45) is 1.60. The van der Waals surface area contributed by atoms with Crippen LogP contribution in [0.1, 0.15) is 25.8 Å². The number of ether oxygens (including phenoxy) is 2. The predicted molar refractivity (Wildman–Crippen MR) is 79.2 cm³/mol. The van der Waals surface area contributed by atoms with Crippen molar-refractivity contribution in [1.82, 2.24) is 0 Å². The Morgan fingerprint density at radius 2 is 2.10 bits per heavy atom. The van der Waals surface area contributed by atoms with E-state index < -0.39 is 0 Å². The maximum absolute atomic E-state index is 11.4. The lowest BCUT2D eigenvalue weighted by atomic mass is 9.96. The Balaban J connectivity index is 2.00. The molecule has 1 aromatic carbocycles. The predicted octanol–water partition coefficient (Wildman–Crippen LogP) is 2.54. The molecule has 2 aliphatic rings. The smallest absolute Gasteiger partial charge is 0.293 e. The third-order valence-corrected chi connectivity index (χ3v) is 4.37. The van der Waals surface area contributed by atoms with Gasteiger partial charge in [-0.3, -0.25) is 10.1 Å². The SMILES string of the molecule is CCC1(C)Cc2cc([N+](=O)[O-])c(N3CCOCC3)cc2O1. The number of nitro groups is 1. The molecule has 1 aromatic rings. The molecule has 0 aromatic heterocycles. The Bertz CT molecular complexity index is 569. The minimum atomic E-state index is -0.299. The van der Waals surface area contributed by atoms with Gasteiger partial charge in [0, 0.05) is 37.2 Å². The second kappa shape index (κ2) is 5.18. The molecule has 114 valence electrons. The fraction of sp³-hybridized carbons (Fsp3) is 0.600. The highest BCUT2D eigenvalue weighted by molar-refractivity contribution is 5.69. The highest BCUT2D eigenvalue weighted by Gasteiger charge is 2.36. The van der Waals surface area contributed by atoms with Gasteiger partial charge in [-0.05, 0) is 13.3 Å². The molecular weight excluding hydrogens is 272 g/mol. The molecule has 21 heavy (non-hydrogen) atoms. The average molecular weight is 292 g/mol. The van der Waals surface area contributed by atoms with E-state index in [1.807, 2.05) is 17.9 Å². The summed E-state index contributed by atoms with van der Waals surface area (Å²) in [4.78, 5) is 13.1. The molecule has 1 saturated heterocycles. The first-order chi connectivity index (χ1) is 10.0. The quantitative estimate of drug-likeness (QED) is 0.632. The number of anilines is 1. The molecule has 6 nitrogen and oxygen atoms in total. The molecule has 0 saturated carbocycles. The zero-order valence-electron chi connectivity index (χ0n) is 12.4. The second-order valence-corrected chi connectivity index (χ2v) is 5.89. The summed E-state index contributed by atoms with van der Waals surface area (Å²) in [5.41, 5.74) is 1.49. The third kappa shape index (κ3) is 2.55. The molecule has 6 heteroatoms.